The van der Waals surface area contributed by atoms with E-state index in [1.807, 2.05) is 52.0 Å². The van der Waals surface area contributed by atoms with Crippen LogP contribution in [-0.4, -0.2) is 19.1 Å². The molecule has 0 aliphatic carbocycles. The van der Waals surface area contributed by atoms with Crippen LogP contribution in [0, 0.1) is 20.8 Å². The van der Waals surface area contributed by atoms with E-state index in [4.69, 9.17) is 9.47 Å². The standard InChI is InChI=1S/C24H33NO3/c1-14(2)20-13-21(16(4)12-23(20)27-8)18(6)25-24(26)19(7)28-22-11-9-10-15(3)17(22)5/h9-14,18-19H,1-8H3,(H,25,26). The molecule has 2 aromatic rings. The van der Waals surface area contributed by atoms with Crippen molar-refractivity contribution in [3.8, 4) is 11.5 Å². The van der Waals surface area contributed by atoms with Gasteiger partial charge in [0.15, 0.2) is 6.10 Å². The first-order chi connectivity index (χ1) is 13.1. The van der Waals surface area contributed by atoms with Crippen LogP contribution in [0.2, 0.25) is 0 Å². The molecule has 2 atom stereocenters. The number of hydrogen-bond donors (Lipinski definition) is 1. The highest BCUT2D eigenvalue weighted by atomic mass is 16.5. The Hall–Kier alpha value is -2.49. The number of aryl methyl sites for hydroxylation is 2. The predicted octanol–water partition coefficient (Wildman–Crippen LogP) is 5.39. The third kappa shape index (κ3) is 4.86. The van der Waals surface area contributed by atoms with Gasteiger partial charge in [-0.2, -0.15) is 0 Å². The number of nitrogens with one attached hydrogen (secondary N) is 1. The number of carbonyl (C=O) groups is 1. The number of carbonyl (C=O) groups excluding carboxylic acids is 1. The van der Waals surface area contributed by atoms with Crippen molar-refractivity contribution in [3.63, 3.8) is 0 Å². The van der Waals surface area contributed by atoms with Crippen molar-refractivity contribution in [3.05, 3.63) is 58.1 Å². The van der Waals surface area contributed by atoms with Gasteiger partial charge in [0, 0.05) is 0 Å². The normalized spacial score (nSPS) is 13.2. The van der Waals surface area contributed by atoms with E-state index in [0.29, 0.717) is 5.92 Å². The van der Waals surface area contributed by atoms with E-state index in [1.54, 1.807) is 14.0 Å². The maximum atomic E-state index is 12.7. The quantitative estimate of drug-likeness (QED) is 0.697. The van der Waals surface area contributed by atoms with Crippen LogP contribution in [0.5, 0.6) is 11.5 Å². The minimum atomic E-state index is -0.578. The van der Waals surface area contributed by atoms with Gasteiger partial charge >= 0.3 is 0 Å². The molecule has 1 amide bonds. The second-order valence-corrected chi connectivity index (χ2v) is 7.79. The first-order valence-electron chi connectivity index (χ1n) is 9.87. The Morgan fingerprint density at radius 3 is 2.21 bits per heavy atom. The van der Waals surface area contributed by atoms with Gasteiger partial charge in [-0.3, -0.25) is 4.79 Å². The summed E-state index contributed by atoms with van der Waals surface area (Å²) in [6.45, 7) is 14.1. The number of benzene rings is 2. The van der Waals surface area contributed by atoms with Gasteiger partial charge in [0.25, 0.3) is 5.91 Å². The summed E-state index contributed by atoms with van der Waals surface area (Å²) in [5, 5.41) is 3.09. The maximum Gasteiger partial charge on any atom is 0.261 e. The van der Waals surface area contributed by atoms with Crippen molar-refractivity contribution in [1.29, 1.82) is 0 Å². The maximum absolute atomic E-state index is 12.7. The van der Waals surface area contributed by atoms with E-state index < -0.39 is 6.10 Å². The van der Waals surface area contributed by atoms with E-state index in [-0.39, 0.29) is 11.9 Å². The van der Waals surface area contributed by atoms with Crippen LogP contribution in [0.4, 0.5) is 0 Å². The summed E-state index contributed by atoms with van der Waals surface area (Å²) < 4.78 is 11.4. The van der Waals surface area contributed by atoms with Crippen molar-refractivity contribution < 1.29 is 14.3 Å². The molecule has 0 heterocycles. The monoisotopic (exact) mass is 383 g/mol. The van der Waals surface area contributed by atoms with Gasteiger partial charge in [-0.15, -0.1) is 0 Å². The number of amides is 1. The lowest BCUT2D eigenvalue weighted by atomic mass is 9.93. The molecule has 0 spiro atoms. The summed E-state index contributed by atoms with van der Waals surface area (Å²) in [7, 11) is 1.69. The van der Waals surface area contributed by atoms with Crippen LogP contribution < -0.4 is 14.8 Å². The van der Waals surface area contributed by atoms with Gasteiger partial charge in [-0.1, -0.05) is 26.0 Å². The van der Waals surface area contributed by atoms with Gasteiger partial charge < -0.3 is 14.8 Å². The van der Waals surface area contributed by atoms with E-state index >= 15 is 0 Å². The zero-order chi connectivity index (χ0) is 21.0. The van der Waals surface area contributed by atoms with Crippen LogP contribution in [0.1, 0.15) is 67.5 Å². The molecule has 152 valence electrons. The molecule has 4 nitrogen and oxygen atoms in total. The average Bonchev–Trinajstić information content (AvgIpc) is 2.64. The third-order valence-electron chi connectivity index (χ3n) is 5.29. The molecule has 0 saturated carbocycles. The van der Waals surface area contributed by atoms with Crippen molar-refractivity contribution in [2.24, 2.45) is 0 Å². The van der Waals surface area contributed by atoms with Crippen LogP contribution in [0.3, 0.4) is 0 Å². The Kier molecular flexibility index (Phi) is 7.11. The summed E-state index contributed by atoms with van der Waals surface area (Å²) in [6.07, 6.45) is -0.578. The van der Waals surface area contributed by atoms with E-state index in [9.17, 15) is 4.79 Å². The molecular weight excluding hydrogens is 350 g/mol. The van der Waals surface area contributed by atoms with Gasteiger partial charge in [0.1, 0.15) is 11.5 Å². The molecule has 0 aliphatic heterocycles. The van der Waals surface area contributed by atoms with Crippen LogP contribution in [-0.2, 0) is 4.79 Å². The number of hydrogen-bond acceptors (Lipinski definition) is 3. The summed E-state index contributed by atoms with van der Waals surface area (Å²) in [4.78, 5) is 12.7. The predicted molar refractivity (Wildman–Crippen MR) is 114 cm³/mol. The molecule has 4 heteroatoms. The second-order valence-electron chi connectivity index (χ2n) is 7.79. The molecule has 0 bridgehead atoms. The first-order valence-corrected chi connectivity index (χ1v) is 9.87. The highest BCUT2D eigenvalue weighted by molar-refractivity contribution is 5.81. The minimum Gasteiger partial charge on any atom is -0.496 e. The van der Waals surface area contributed by atoms with Crippen molar-refractivity contribution in [1.82, 2.24) is 5.32 Å². The van der Waals surface area contributed by atoms with Gasteiger partial charge in [0.2, 0.25) is 0 Å². The molecule has 0 aromatic heterocycles. The number of methoxy groups -OCH3 is 1. The van der Waals surface area contributed by atoms with Crippen LogP contribution in [0.25, 0.3) is 0 Å². The Morgan fingerprint density at radius 1 is 0.929 bits per heavy atom. The summed E-state index contributed by atoms with van der Waals surface area (Å²) in [6, 6.07) is 9.94. The molecule has 2 aromatic carbocycles. The fraction of sp³-hybridized carbons (Fsp3) is 0.458. The molecule has 0 radical (unpaired) electrons. The topological polar surface area (TPSA) is 47.6 Å². The second kappa shape index (κ2) is 9.13. The molecule has 1 N–H and O–H groups in total. The molecule has 2 unspecified atom stereocenters. The largest absolute Gasteiger partial charge is 0.496 e. The van der Waals surface area contributed by atoms with Crippen LogP contribution in [0.15, 0.2) is 30.3 Å². The Labute approximate surface area is 169 Å². The Bertz CT molecular complexity index is 842. The lowest BCUT2D eigenvalue weighted by Crippen LogP contribution is -2.38. The summed E-state index contributed by atoms with van der Waals surface area (Å²) >= 11 is 0. The van der Waals surface area contributed by atoms with Crippen molar-refractivity contribution in [2.45, 2.75) is 66.5 Å². The van der Waals surface area contributed by atoms with Crippen LogP contribution >= 0.6 is 0 Å². The number of ether oxygens (including phenoxy) is 2. The fourth-order valence-corrected chi connectivity index (χ4v) is 3.31. The highest BCUT2D eigenvalue weighted by Crippen LogP contribution is 2.32. The lowest BCUT2D eigenvalue weighted by molar-refractivity contribution is -0.127. The van der Waals surface area contributed by atoms with Gasteiger partial charge in [-0.05, 0) is 86.6 Å². The highest BCUT2D eigenvalue weighted by Gasteiger charge is 2.21. The van der Waals surface area contributed by atoms with E-state index in [2.05, 4.69) is 25.2 Å². The summed E-state index contributed by atoms with van der Waals surface area (Å²) in [5.41, 5.74) is 5.54. The summed E-state index contributed by atoms with van der Waals surface area (Å²) in [5.74, 6) is 1.85. The molecule has 28 heavy (non-hydrogen) atoms. The average molecular weight is 384 g/mol. The Balaban J connectivity index is 2.15. The molecular formula is C24H33NO3. The molecule has 2 rings (SSSR count). The zero-order valence-corrected chi connectivity index (χ0v) is 18.3. The molecule has 0 fully saturated rings. The SMILES string of the molecule is COc1cc(C)c(C(C)NC(=O)C(C)Oc2cccc(C)c2C)cc1C(C)C. The van der Waals surface area contributed by atoms with E-state index in [1.165, 1.54) is 0 Å². The smallest absolute Gasteiger partial charge is 0.261 e. The third-order valence-corrected chi connectivity index (χ3v) is 5.29. The first kappa shape index (κ1) is 21.8. The molecule has 0 aliphatic rings. The van der Waals surface area contributed by atoms with Gasteiger partial charge in [0.05, 0.1) is 13.2 Å². The lowest BCUT2D eigenvalue weighted by Gasteiger charge is -2.23. The molecule has 0 saturated heterocycles. The van der Waals surface area contributed by atoms with Gasteiger partial charge in [-0.25, -0.2) is 0 Å². The fourth-order valence-electron chi connectivity index (χ4n) is 3.31. The Morgan fingerprint density at radius 2 is 1.61 bits per heavy atom. The van der Waals surface area contributed by atoms with Crippen molar-refractivity contribution in [2.75, 3.05) is 7.11 Å². The minimum absolute atomic E-state index is 0.124. The zero-order valence-electron chi connectivity index (χ0n) is 18.3. The van der Waals surface area contributed by atoms with Crippen molar-refractivity contribution >= 4 is 5.91 Å². The van der Waals surface area contributed by atoms with E-state index in [0.717, 1.165) is 39.3 Å². The number of rotatable bonds is 7.